The Morgan fingerprint density at radius 1 is 1.13 bits per heavy atom. The molecule has 0 fully saturated rings. The summed E-state index contributed by atoms with van der Waals surface area (Å²) in [6, 6.07) is 8.63. The van der Waals surface area contributed by atoms with Gasteiger partial charge in [0.2, 0.25) is 5.78 Å². The summed E-state index contributed by atoms with van der Waals surface area (Å²) in [4.78, 5) is 31.7. The fourth-order valence-corrected chi connectivity index (χ4v) is 3.95. The largest absolute Gasteiger partial charge is 0.478 e. The minimum Gasteiger partial charge on any atom is -0.478 e. The summed E-state index contributed by atoms with van der Waals surface area (Å²) in [7, 11) is 0. The number of carbonyl (C=O) groups is 2. The third kappa shape index (κ3) is 3.69. The highest BCUT2D eigenvalue weighted by molar-refractivity contribution is 7.11. The van der Waals surface area contributed by atoms with Crippen molar-refractivity contribution >= 4 is 34.1 Å². The summed E-state index contributed by atoms with van der Waals surface area (Å²) in [6.45, 7) is 0. The van der Waals surface area contributed by atoms with Crippen molar-refractivity contribution in [2.45, 2.75) is 12.6 Å². The summed E-state index contributed by atoms with van der Waals surface area (Å²) in [6.07, 6.45) is -3.49. The number of carbonyl (C=O) groups excluding carboxylic acids is 1. The Bertz CT molecular complexity index is 1230. The number of hydrogen-bond acceptors (Lipinski definition) is 6. The van der Waals surface area contributed by atoms with Gasteiger partial charge in [0.25, 0.3) is 0 Å². The van der Waals surface area contributed by atoms with E-state index in [4.69, 9.17) is 4.42 Å². The van der Waals surface area contributed by atoms with E-state index >= 15 is 0 Å². The average molecular weight is 432 g/mol. The van der Waals surface area contributed by atoms with Crippen LogP contribution in [0.25, 0.3) is 22.2 Å². The van der Waals surface area contributed by atoms with Gasteiger partial charge < -0.3 is 9.52 Å². The van der Waals surface area contributed by atoms with Gasteiger partial charge in [0.05, 0.1) is 23.7 Å². The Balaban J connectivity index is 1.65. The van der Waals surface area contributed by atoms with Gasteiger partial charge in [-0.15, -0.1) is 11.3 Å². The van der Waals surface area contributed by atoms with Crippen molar-refractivity contribution in [1.29, 1.82) is 0 Å². The minimum atomic E-state index is -4.65. The van der Waals surface area contributed by atoms with Gasteiger partial charge in [-0.2, -0.15) is 13.2 Å². The van der Waals surface area contributed by atoms with Crippen LogP contribution in [0.15, 0.2) is 52.5 Å². The van der Waals surface area contributed by atoms with E-state index in [1.54, 1.807) is 30.3 Å². The number of benzene rings is 1. The van der Waals surface area contributed by atoms with Gasteiger partial charge in [-0.1, -0.05) is 18.2 Å². The number of nitrogens with zero attached hydrogens (tertiary/aromatic N) is 2. The minimum absolute atomic E-state index is 0.0286. The molecule has 0 saturated carbocycles. The van der Waals surface area contributed by atoms with E-state index in [1.807, 2.05) is 0 Å². The quantitative estimate of drug-likeness (QED) is 0.442. The second-order valence-electron chi connectivity index (χ2n) is 6.29. The van der Waals surface area contributed by atoms with Crippen LogP contribution in [0.4, 0.5) is 13.2 Å². The molecule has 6 nitrogen and oxygen atoms in total. The molecule has 0 saturated heterocycles. The van der Waals surface area contributed by atoms with Crippen molar-refractivity contribution in [2.24, 2.45) is 0 Å². The van der Waals surface area contributed by atoms with E-state index in [2.05, 4.69) is 9.97 Å². The molecule has 30 heavy (non-hydrogen) atoms. The zero-order chi connectivity index (χ0) is 21.5. The monoisotopic (exact) mass is 432 g/mol. The molecule has 0 aliphatic rings. The van der Waals surface area contributed by atoms with Crippen LogP contribution in [0.5, 0.6) is 0 Å². The second-order valence-corrected chi connectivity index (χ2v) is 7.25. The van der Waals surface area contributed by atoms with Gasteiger partial charge in [-0.25, -0.2) is 9.78 Å². The second kappa shape index (κ2) is 7.38. The number of carboxylic acids is 1. The number of thiophene rings is 1. The molecule has 0 radical (unpaired) electrons. The molecule has 0 amide bonds. The zero-order valence-electron chi connectivity index (χ0n) is 14.9. The Morgan fingerprint density at radius 2 is 1.90 bits per heavy atom. The third-order valence-electron chi connectivity index (χ3n) is 4.32. The maximum Gasteiger partial charge on any atom is 0.434 e. The molecule has 0 aliphatic heterocycles. The molecule has 0 bridgehead atoms. The van der Waals surface area contributed by atoms with Crippen molar-refractivity contribution in [3.05, 3.63) is 70.0 Å². The summed E-state index contributed by atoms with van der Waals surface area (Å²) in [5.41, 5.74) is -0.774. The number of furan rings is 1. The zero-order valence-corrected chi connectivity index (χ0v) is 15.8. The van der Waals surface area contributed by atoms with Crippen molar-refractivity contribution in [3.8, 4) is 11.3 Å². The van der Waals surface area contributed by atoms with Gasteiger partial charge in [0.1, 0.15) is 5.58 Å². The van der Waals surface area contributed by atoms with Gasteiger partial charge in [-0.3, -0.25) is 9.78 Å². The van der Waals surface area contributed by atoms with Crippen molar-refractivity contribution < 1.29 is 32.3 Å². The number of rotatable bonds is 5. The van der Waals surface area contributed by atoms with Crippen LogP contribution in [0.2, 0.25) is 0 Å². The molecular weight excluding hydrogens is 421 g/mol. The average Bonchev–Trinajstić information content (AvgIpc) is 3.31. The van der Waals surface area contributed by atoms with E-state index in [1.165, 1.54) is 5.38 Å². The first-order chi connectivity index (χ1) is 14.2. The van der Waals surface area contributed by atoms with Crippen LogP contribution in [0, 0.1) is 0 Å². The Labute approximate surface area is 170 Å². The number of Topliss-reactive ketones (excluding diaryl/α,β-unsaturated/α-hetero) is 1. The predicted molar refractivity (Wildman–Crippen MR) is 102 cm³/mol. The van der Waals surface area contributed by atoms with Gasteiger partial charge in [-0.05, 0) is 12.1 Å². The fourth-order valence-electron chi connectivity index (χ4n) is 2.92. The molecule has 3 aromatic heterocycles. The number of para-hydroxylation sites is 1. The third-order valence-corrected chi connectivity index (χ3v) is 5.31. The van der Waals surface area contributed by atoms with Gasteiger partial charge in [0, 0.05) is 27.6 Å². The molecule has 4 aromatic rings. The molecule has 0 aliphatic carbocycles. The van der Waals surface area contributed by atoms with Crippen molar-refractivity contribution in [1.82, 2.24) is 9.97 Å². The maximum absolute atomic E-state index is 12.7. The maximum atomic E-state index is 12.7. The van der Waals surface area contributed by atoms with Crippen LogP contribution < -0.4 is 0 Å². The topological polar surface area (TPSA) is 93.3 Å². The van der Waals surface area contributed by atoms with Crippen LogP contribution in [-0.4, -0.2) is 26.8 Å². The van der Waals surface area contributed by atoms with E-state index in [0.29, 0.717) is 11.8 Å². The lowest BCUT2D eigenvalue weighted by atomic mass is 10.0. The highest BCUT2D eigenvalue weighted by atomic mass is 32.1. The molecule has 0 spiro atoms. The number of ketones is 1. The molecule has 4 rings (SSSR count). The first-order valence-corrected chi connectivity index (χ1v) is 9.37. The first kappa shape index (κ1) is 19.8. The van der Waals surface area contributed by atoms with Crippen molar-refractivity contribution in [3.63, 3.8) is 0 Å². The van der Waals surface area contributed by atoms with E-state index in [0.717, 1.165) is 22.9 Å². The van der Waals surface area contributed by atoms with E-state index in [-0.39, 0.29) is 33.9 Å². The SMILES string of the molecule is O=C(Cc1scc(-c2cnc(C(F)(F)F)cn2)c1C(=O)O)c1cc2ccccc2o1. The molecular formula is C20H11F3N2O4S. The standard InChI is InChI=1S/C20H11F3N2O4S/c21-20(22,23)17-8-24-12(7-25-17)11-9-30-16(18(11)19(27)28)6-13(26)15-5-10-3-1-2-4-14(10)29-15/h1-5,7-9H,6H2,(H,27,28). The summed E-state index contributed by atoms with van der Waals surface area (Å²) in [5.74, 6) is -1.64. The number of alkyl halides is 3. The van der Waals surface area contributed by atoms with Crippen LogP contribution in [-0.2, 0) is 12.6 Å². The Kier molecular flexibility index (Phi) is 4.86. The number of carboxylic acid groups (broad SMARTS) is 1. The molecule has 1 N–H and O–H groups in total. The first-order valence-electron chi connectivity index (χ1n) is 8.49. The normalized spacial score (nSPS) is 11.7. The molecule has 0 atom stereocenters. The number of aromatic carboxylic acids is 1. The van der Waals surface area contributed by atoms with Crippen LogP contribution >= 0.6 is 11.3 Å². The van der Waals surface area contributed by atoms with Crippen molar-refractivity contribution in [2.75, 3.05) is 0 Å². The molecule has 0 unspecified atom stereocenters. The van der Waals surface area contributed by atoms with E-state index < -0.39 is 23.6 Å². The number of fused-ring (bicyclic) bond motifs is 1. The number of halogens is 3. The van der Waals surface area contributed by atoms with Crippen LogP contribution in [0.1, 0.15) is 31.5 Å². The lowest BCUT2D eigenvalue weighted by Crippen LogP contribution is -2.09. The molecule has 152 valence electrons. The lowest BCUT2D eigenvalue weighted by Gasteiger charge is -2.06. The van der Waals surface area contributed by atoms with Crippen LogP contribution in [0.3, 0.4) is 0 Å². The predicted octanol–water partition coefficient (Wildman–Crippen LogP) is 5.09. The summed E-state index contributed by atoms with van der Waals surface area (Å²) < 4.78 is 43.5. The number of aromatic nitrogens is 2. The highest BCUT2D eigenvalue weighted by Crippen LogP contribution is 2.33. The summed E-state index contributed by atoms with van der Waals surface area (Å²) >= 11 is 1.01. The van der Waals surface area contributed by atoms with Gasteiger partial charge in [0.15, 0.2) is 11.5 Å². The lowest BCUT2D eigenvalue weighted by molar-refractivity contribution is -0.141. The van der Waals surface area contributed by atoms with Gasteiger partial charge >= 0.3 is 12.1 Å². The summed E-state index contributed by atoms with van der Waals surface area (Å²) in [5, 5.41) is 11.8. The van der Waals surface area contributed by atoms with E-state index in [9.17, 15) is 27.9 Å². The smallest absolute Gasteiger partial charge is 0.434 e. The Morgan fingerprint density at radius 3 is 2.53 bits per heavy atom. The molecule has 3 heterocycles. The number of hydrogen-bond donors (Lipinski definition) is 1. The highest BCUT2D eigenvalue weighted by Gasteiger charge is 2.33. The Hall–Kier alpha value is -3.53. The molecule has 1 aromatic carbocycles. The molecule has 10 heteroatoms. The fraction of sp³-hybridized carbons (Fsp3) is 0.100.